The van der Waals surface area contributed by atoms with E-state index < -0.39 is 18.3 Å². The van der Waals surface area contributed by atoms with E-state index in [4.69, 9.17) is 31.2 Å². The Balaban J connectivity index is 0.00000101. The van der Waals surface area contributed by atoms with Crippen molar-refractivity contribution >= 4 is 12.2 Å². The highest BCUT2D eigenvalue weighted by molar-refractivity contribution is 5.65. The summed E-state index contributed by atoms with van der Waals surface area (Å²) in [4.78, 5) is 21.6. The number of carbonyl (C=O) groups is 2. The number of rotatable bonds is 5. The molecule has 0 radical (unpaired) electrons. The number of nitrogens with two attached hydrogens (primary N) is 2. The Labute approximate surface area is 147 Å². The van der Waals surface area contributed by atoms with Gasteiger partial charge in [0.15, 0.2) is 0 Å². The van der Waals surface area contributed by atoms with Gasteiger partial charge in [-0.1, -0.05) is 0 Å². The first-order valence-corrected chi connectivity index (χ1v) is 7.74. The van der Waals surface area contributed by atoms with Crippen LogP contribution in [0, 0.1) is 27.7 Å². The summed E-state index contributed by atoms with van der Waals surface area (Å²) >= 11 is 0. The van der Waals surface area contributed by atoms with Crippen LogP contribution in [-0.4, -0.2) is 35.1 Å². The molecule has 0 saturated heterocycles. The van der Waals surface area contributed by atoms with E-state index in [-0.39, 0.29) is 19.8 Å². The minimum atomic E-state index is -0.845. The number of hydrogen-bond acceptors (Lipinski definition) is 6. The SMILES string of the molecule is CC(O)CO.Cc1c(C)c(C)c(COC(N)=O)c(COC(N)=O)c1C. The van der Waals surface area contributed by atoms with Crippen LogP contribution < -0.4 is 11.5 Å². The molecule has 0 aliphatic heterocycles. The van der Waals surface area contributed by atoms with E-state index in [1.165, 1.54) is 6.92 Å². The van der Waals surface area contributed by atoms with Crippen molar-refractivity contribution < 1.29 is 29.3 Å². The number of benzene rings is 1. The number of aliphatic hydroxyl groups is 2. The Bertz CT molecular complexity index is 565. The van der Waals surface area contributed by atoms with E-state index in [0.29, 0.717) is 0 Å². The normalized spacial score (nSPS) is 11.2. The van der Waals surface area contributed by atoms with E-state index in [0.717, 1.165) is 33.4 Å². The third-order valence-electron chi connectivity index (χ3n) is 3.94. The number of hydrogen-bond donors (Lipinski definition) is 4. The second-order valence-electron chi connectivity index (χ2n) is 5.70. The number of primary amides is 2. The van der Waals surface area contributed by atoms with Crippen molar-refractivity contribution in [2.75, 3.05) is 6.61 Å². The summed E-state index contributed by atoms with van der Waals surface area (Å²) in [5, 5.41) is 16.0. The van der Waals surface area contributed by atoms with E-state index in [1.807, 2.05) is 27.7 Å². The quantitative estimate of drug-likeness (QED) is 0.628. The predicted molar refractivity (Wildman–Crippen MR) is 92.9 cm³/mol. The van der Waals surface area contributed by atoms with Gasteiger partial charge in [0.2, 0.25) is 0 Å². The lowest BCUT2D eigenvalue weighted by atomic mass is 9.89. The maximum atomic E-state index is 10.8. The van der Waals surface area contributed by atoms with Gasteiger partial charge in [-0.25, -0.2) is 9.59 Å². The molecule has 1 rings (SSSR count). The fraction of sp³-hybridized carbons (Fsp3) is 0.529. The summed E-state index contributed by atoms with van der Waals surface area (Å²) in [6, 6.07) is 0. The highest BCUT2D eigenvalue weighted by Gasteiger charge is 2.17. The third kappa shape index (κ3) is 7.40. The van der Waals surface area contributed by atoms with Gasteiger partial charge < -0.3 is 31.2 Å². The first-order chi connectivity index (χ1) is 11.5. The van der Waals surface area contributed by atoms with Crippen LogP contribution in [0.25, 0.3) is 0 Å². The average molecular weight is 356 g/mol. The van der Waals surface area contributed by atoms with Crippen molar-refractivity contribution in [2.24, 2.45) is 11.5 Å². The molecule has 1 unspecified atom stereocenters. The summed E-state index contributed by atoms with van der Waals surface area (Å²) in [5.41, 5.74) is 15.8. The monoisotopic (exact) mass is 356 g/mol. The average Bonchev–Trinajstić information content (AvgIpc) is 2.54. The standard InChI is InChI=1S/C14H20N2O4.C3H8O2/c1-7-8(2)10(4)12(6-20-14(16)18)11(9(7)3)5-19-13(15)17;1-3(5)2-4/h5-6H2,1-4H3,(H2,15,17)(H2,16,18);3-5H,2H2,1H3. The number of carbonyl (C=O) groups excluding carboxylic acids is 2. The third-order valence-corrected chi connectivity index (χ3v) is 3.94. The lowest BCUT2D eigenvalue weighted by molar-refractivity contribution is 0.110. The first kappa shape index (κ1) is 22.7. The van der Waals surface area contributed by atoms with Gasteiger partial charge in [-0.2, -0.15) is 0 Å². The smallest absolute Gasteiger partial charge is 0.404 e. The number of aliphatic hydroxyl groups excluding tert-OH is 2. The van der Waals surface area contributed by atoms with Gasteiger partial charge in [0.25, 0.3) is 0 Å². The zero-order valence-electron chi connectivity index (χ0n) is 15.4. The molecule has 6 N–H and O–H groups in total. The Morgan fingerprint density at radius 1 is 0.880 bits per heavy atom. The maximum Gasteiger partial charge on any atom is 0.404 e. The molecule has 0 fully saturated rings. The van der Waals surface area contributed by atoms with Crippen LogP contribution in [0.3, 0.4) is 0 Å². The molecule has 0 aromatic heterocycles. The van der Waals surface area contributed by atoms with Gasteiger partial charge in [-0.05, 0) is 68.0 Å². The molecular weight excluding hydrogens is 328 g/mol. The molecule has 8 nitrogen and oxygen atoms in total. The molecule has 0 aliphatic rings. The molecule has 0 heterocycles. The van der Waals surface area contributed by atoms with Gasteiger partial charge in [0, 0.05) is 0 Å². The van der Waals surface area contributed by atoms with Crippen LogP contribution in [-0.2, 0) is 22.7 Å². The molecule has 0 spiro atoms. The van der Waals surface area contributed by atoms with Gasteiger partial charge in [-0.15, -0.1) is 0 Å². The molecule has 1 atom stereocenters. The van der Waals surface area contributed by atoms with Crippen LogP contribution in [0.15, 0.2) is 0 Å². The molecule has 0 saturated carbocycles. The van der Waals surface area contributed by atoms with Crippen molar-refractivity contribution in [1.29, 1.82) is 0 Å². The van der Waals surface area contributed by atoms with Crippen molar-refractivity contribution in [3.05, 3.63) is 33.4 Å². The van der Waals surface area contributed by atoms with Crippen LogP contribution in [0.2, 0.25) is 0 Å². The molecule has 1 aromatic rings. The summed E-state index contributed by atoms with van der Waals surface area (Å²) in [6.07, 6.45) is -2.25. The topological polar surface area (TPSA) is 145 Å². The van der Waals surface area contributed by atoms with Gasteiger partial charge in [-0.3, -0.25) is 0 Å². The molecule has 142 valence electrons. The molecule has 0 aliphatic carbocycles. The second kappa shape index (κ2) is 10.5. The van der Waals surface area contributed by atoms with Crippen molar-refractivity contribution in [2.45, 2.75) is 53.9 Å². The van der Waals surface area contributed by atoms with Gasteiger partial charge in [0.1, 0.15) is 13.2 Å². The molecule has 25 heavy (non-hydrogen) atoms. The predicted octanol–water partition coefficient (Wildman–Crippen LogP) is 1.47. The van der Waals surface area contributed by atoms with Crippen molar-refractivity contribution in [3.8, 4) is 0 Å². The zero-order valence-corrected chi connectivity index (χ0v) is 15.4. The molecular formula is C17H28N2O6. The maximum absolute atomic E-state index is 10.8. The minimum Gasteiger partial charge on any atom is -0.445 e. The minimum absolute atomic E-state index is 0.0422. The Morgan fingerprint density at radius 2 is 1.16 bits per heavy atom. The fourth-order valence-electron chi connectivity index (χ4n) is 2.15. The van der Waals surface area contributed by atoms with E-state index in [9.17, 15) is 9.59 Å². The summed E-state index contributed by atoms with van der Waals surface area (Å²) < 4.78 is 9.75. The van der Waals surface area contributed by atoms with Crippen molar-refractivity contribution in [1.82, 2.24) is 0 Å². The van der Waals surface area contributed by atoms with Crippen LogP contribution in [0.5, 0.6) is 0 Å². The van der Waals surface area contributed by atoms with Gasteiger partial charge in [0.05, 0.1) is 12.7 Å². The number of ether oxygens (including phenoxy) is 2. The first-order valence-electron chi connectivity index (χ1n) is 7.74. The Kier molecular flexibility index (Phi) is 9.55. The lowest BCUT2D eigenvalue weighted by Gasteiger charge is -2.20. The Hall–Kier alpha value is -2.32. The van der Waals surface area contributed by atoms with Crippen LogP contribution in [0.4, 0.5) is 9.59 Å². The van der Waals surface area contributed by atoms with Crippen LogP contribution in [0.1, 0.15) is 40.3 Å². The molecule has 2 amide bonds. The summed E-state index contributed by atoms with van der Waals surface area (Å²) in [5.74, 6) is 0. The van der Waals surface area contributed by atoms with E-state index in [2.05, 4.69) is 0 Å². The molecule has 8 heteroatoms. The number of amides is 2. The molecule has 0 bridgehead atoms. The van der Waals surface area contributed by atoms with Crippen LogP contribution >= 0.6 is 0 Å². The van der Waals surface area contributed by atoms with Gasteiger partial charge >= 0.3 is 12.2 Å². The second-order valence-corrected chi connectivity index (χ2v) is 5.70. The Morgan fingerprint density at radius 3 is 1.36 bits per heavy atom. The zero-order chi connectivity index (χ0) is 19.7. The van der Waals surface area contributed by atoms with E-state index in [1.54, 1.807) is 0 Å². The highest BCUT2D eigenvalue weighted by atomic mass is 16.5. The van der Waals surface area contributed by atoms with Crippen molar-refractivity contribution in [3.63, 3.8) is 0 Å². The van der Waals surface area contributed by atoms with E-state index >= 15 is 0 Å². The largest absolute Gasteiger partial charge is 0.445 e. The lowest BCUT2D eigenvalue weighted by Crippen LogP contribution is -2.18. The molecule has 1 aromatic carbocycles. The summed E-state index contributed by atoms with van der Waals surface area (Å²) in [6.45, 7) is 9.31. The fourth-order valence-corrected chi connectivity index (χ4v) is 2.15. The highest BCUT2D eigenvalue weighted by Crippen LogP contribution is 2.28. The summed E-state index contributed by atoms with van der Waals surface area (Å²) in [7, 11) is 0.